The molecule has 72 valence electrons. The van der Waals surface area contributed by atoms with Gasteiger partial charge in [0.2, 0.25) is 0 Å². The van der Waals surface area contributed by atoms with Crippen LogP contribution in [0.5, 0.6) is 0 Å². The predicted molar refractivity (Wildman–Crippen MR) is 53.3 cm³/mol. The number of halogens is 1. The van der Waals surface area contributed by atoms with E-state index in [-0.39, 0.29) is 5.82 Å². The summed E-state index contributed by atoms with van der Waals surface area (Å²) in [5, 5.41) is 4.41. The third-order valence-electron chi connectivity index (χ3n) is 1.77. The monoisotopic (exact) mass is 209 g/mol. The molecular weight excluding hydrogens is 202 g/mol. The van der Waals surface area contributed by atoms with Crippen molar-refractivity contribution in [2.24, 2.45) is 0 Å². The minimum absolute atomic E-state index is 0.289. The van der Waals surface area contributed by atoms with E-state index in [1.807, 2.05) is 6.92 Å². The number of hydrogen-bond acceptors (Lipinski definition) is 4. The van der Waals surface area contributed by atoms with Crippen molar-refractivity contribution in [1.82, 2.24) is 19.7 Å². The zero-order valence-electron chi connectivity index (χ0n) is 7.48. The van der Waals surface area contributed by atoms with E-state index in [2.05, 4.69) is 15.1 Å². The van der Waals surface area contributed by atoms with Gasteiger partial charge in [0.1, 0.15) is 5.02 Å². The average molecular weight is 210 g/mol. The Bertz CT molecular complexity index is 445. The fourth-order valence-corrected chi connectivity index (χ4v) is 1.23. The molecule has 14 heavy (non-hydrogen) atoms. The highest BCUT2D eigenvalue weighted by atomic mass is 35.5. The lowest BCUT2D eigenvalue weighted by Crippen LogP contribution is -2.02. The van der Waals surface area contributed by atoms with Gasteiger partial charge in [0.15, 0.2) is 11.6 Å². The number of aryl methyl sites for hydroxylation is 1. The Morgan fingerprint density at radius 1 is 1.36 bits per heavy atom. The van der Waals surface area contributed by atoms with E-state index in [0.29, 0.717) is 10.8 Å². The molecule has 5 nitrogen and oxygen atoms in total. The predicted octanol–water partition coefficient (Wildman–Crippen LogP) is 1.21. The maximum atomic E-state index is 5.78. The molecule has 0 aromatic carbocycles. The van der Waals surface area contributed by atoms with Crippen molar-refractivity contribution in [2.75, 3.05) is 5.73 Å². The summed E-state index contributed by atoms with van der Waals surface area (Å²) >= 11 is 5.78. The van der Waals surface area contributed by atoms with Gasteiger partial charge in [-0.05, 0) is 6.92 Å². The minimum atomic E-state index is 0.289. The first-order chi connectivity index (χ1) is 6.68. The summed E-state index contributed by atoms with van der Waals surface area (Å²) in [7, 11) is 0. The Balaban J connectivity index is 2.55. The quantitative estimate of drug-likeness (QED) is 0.767. The minimum Gasteiger partial charge on any atom is -0.381 e. The maximum Gasteiger partial charge on any atom is 0.174 e. The molecule has 0 bridgehead atoms. The number of nitrogen functional groups attached to an aromatic ring is 1. The molecule has 0 saturated heterocycles. The van der Waals surface area contributed by atoms with Crippen LogP contribution in [0.15, 0.2) is 18.6 Å². The molecule has 2 aromatic heterocycles. The zero-order valence-corrected chi connectivity index (χ0v) is 8.23. The van der Waals surface area contributed by atoms with Gasteiger partial charge in [-0.3, -0.25) is 4.98 Å². The van der Waals surface area contributed by atoms with Crippen LogP contribution < -0.4 is 5.73 Å². The molecule has 0 saturated carbocycles. The van der Waals surface area contributed by atoms with Gasteiger partial charge in [-0.25, -0.2) is 9.67 Å². The molecule has 0 aliphatic carbocycles. The molecule has 0 aliphatic rings. The standard InChI is InChI=1S/C8H8ClN5/c1-5-8(12-3-2-11-5)14-4-6(9)7(10)13-14/h2-4H,1H3,(H2,10,13). The fourth-order valence-electron chi connectivity index (χ4n) is 1.10. The van der Waals surface area contributed by atoms with Crippen LogP contribution in [0.3, 0.4) is 0 Å². The first kappa shape index (κ1) is 8.96. The zero-order chi connectivity index (χ0) is 10.1. The normalized spacial score (nSPS) is 10.4. The van der Waals surface area contributed by atoms with Crippen molar-refractivity contribution in [3.8, 4) is 5.82 Å². The van der Waals surface area contributed by atoms with E-state index in [0.717, 1.165) is 5.69 Å². The van der Waals surface area contributed by atoms with Crippen LogP contribution >= 0.6 is 11.6 Å². The summed E-state index contributed by atoms with van der Waals surface area (Å²) in [6.07, 6.45) is 4.81. The van der Waals surface area contributed by atoms with Gasteiger partial charge < -0.3 is 5.73 Å². The first-order valence-corrected chi connectivity index (χ1v) is 4.35. The molecule has 2 rings (SSSR count). The van der Waals surface area contributed by atoms with Gasteiger partial charge in [-0.2, -0.15) is 0 Å². The van der Waals surface area contributed by atoms with Crippen molar-refractivity contribution in [3.63, 3.8) is 0 Å². The van der Waals surface area contributed by atoms with Crippen LogP contribution in [0, 0.1) is 6.92 Å². The van der Waals surface area contributed by atoms with Gasteiger partial charge in [0.25, 0.3) is 0 Å². The number of rotatable bonds is 1. The van der Waals surface area contributed by atoms with Crippen LogP contribution in [0.2, 0.25) is 5.02 Å². The Morgan fingerprint density at radius 3 is 2.64 bits per heavy atom. The topological polar surface area (TPSA) is 69.6 Å². The molecule has 0 radical (unpaired) electrons. The van der Waals surface area contributed by atoms with E-state index >= 15 is 0 Å². The highest BCUT2D eigenvalue weighted by Gasteiger charge is 2.07. The molecular formula is C8H8ClN5. The lowest BCUT2D eigenvalue weighted by molar-refractivity contribution is 0.828. The second kappa shape index (κ2) is 3.26. The van der Waals surface area contributed by atoms with Crippen molar-refractivity contribution in [3.05, 3.63) is 29.3 Å². The van der Waals surface area contributed by atoms with E-state index in [4.69, 9.17) is 17.3 Å². The summed E-state index contributed by atoms with van der Waals surface area (Å²) < 4.78 is 1.51. The number of hydrogen-bond donors (Lipinski definition) is 1. The third-order valence-corrected chi connectivity index (χ3v) is 2.06. The molecule has 0 spiro atoms. The summed E-state index contributed by atoms with van der Waals surface area (Å²) in [4.78, 5) is 8.21. The van der Waals surface area contributed by atoms with Crippen LogP contribution in [0.1, 0.15) is 5.69 Å². The molecule has 2 N–H and O–H groups in total. The van der Waals surface area contributed by atoms with Crippen molar-refractivity contribution in [2.45, 2.75) is 6.92 Å². The van der Waals surface area contributed by atoms with E-state index in [1.54, 1.807) is 18.6 Å². The Hall–Kier alpha value is -1.62. The SMILES string of the molecule is Cc1nccnc1-n1cc(Cl)c(N)n1. The van der Waals surface area contributed by atoms with Crippen LogP contribution in [0.25, 0.3) is 5.82 Å². The number of anilines is 1. The fraction of sp³-hybridized carbons (Fsp3) is 0.125. The van der Waals surface area contributed by atoms with E-state index in [1.165, 1.54) is 4.68 Å². The Morgan fingerprint density at radius 2 is 2.07 bits per heavy atom. The summed E-state index contributed by atoms with van der Waals surface area (Å²) in [5.41, 5.74) is 6.29. The van der Waals surface area contributed by atoms with Crippen LogP contribution in [0.4, 0.5) is 5.82 Å². The van der Waals surface area contributed by atoms with Crippen LogP contribution in [-0.2, 0) is 0 Å². The van der Waals surface area contributed by atoms with Gasteiger partial charge >= 0.3 is 0 Å². The average Bonchev–Trinajstić information content (AvgIpc) is 2.48. The van der Waals surface area contributed by atoms with Crippen molar-refractivity contribution in [1.29, 1.82) is 0 Å². The second-order valence-electron chi connectivity index (χ2n) is 2.77. The molecule has 2 aromatic rings. The summed E-state index contributed by atoms with van der Waals surface area (Å²) in [6.45, 7) is 1.84. The van der Waals surface area contributed by atoms with Gasteiger partial charge in [-0.15, -0.1) is 5.10 Å². The maximum absolute atomic E-state index is 5.78. The first-order valence-electron chi connectivity index (χ1n) is 3.97. The Labute approximate surface area is 85.5 Å². The van der Waals surface area contributed by atoms with Crippen molar-refractivity contribution < 1.29 is 0 Å². The highest BCUT2D eigenvalue weighted by molar-refractivity contribution is 6.32. The lowest BCUT2D eigenvalue weighted by Gasteiger charge is -2.01. The lowest BCUT2D eigenvalue weighted by atomic mass is 10.4. The Kier molecular flexibility index (Phi) is 2.09. The third kappa shape index (κ3) is 1.42. The number of nitrogens with two attached hydrogens (primary N) is 1. The second-order valence-corrected chi connectivity index (χ2v) is 3.18. The summed E-state index contributed by atoms with van der Waals surface area (Å²) in [6, 6.07) is 0. The molecule has 0 aliphatic heterocycles. The van der Waals surface area contributed by atoms with Crippen LogP contribution in [-0.4, -0.2) is 19.7 Å². The molecule has 2 heterocycles. The van der Waals surface area contributed by atoms with Gasteiger partial charge in [0, 0.05) is 12.4 Å². The number of aromatic nitrogens is 4. The largest absolute Gasteiger partial charge is 0.381 e. The molecule has 0 unspecified atom stereocenters. The van der Waals surface area contributed by atoms with Gasteiger partial charge in [0.05, 0.1) is 11.9 Å². The van der Waals surface area contributed by atoms with E-state index < -0.39 is 0 Å². The molecule has 0 atom stereocenters. The summed E-state index contributed by atoms with van der Waals surface area (Å²) in [5.74, 6) is 0.919. The number of nitrogens with zero attached hydrogens (tertiary/aromatic N) is 4. The van der Waals surface area contributed by atoms with Gasteiger partial charge in [-0.1, -0.05) is 11.6 Å². The molecule has 6 heteroatoms. The molecule has 0 fully saturated rings. The van der Waals surface area contributed by atoms with Crippen molar-refractivity contribution >= 4 is 17.4 Å². The van der Waals surface area contributed by atoms with E-state index in [9.17, 15) is 0 Å². The smallest absolute Gasteiger partial charge is 0.174 e. The molecule has 0 amide bonds. The highest BCUT2D eigenvalue weighted by Crippen LogP contribution is 2.18.